The summed E-state index contributed by atoms with van der Waals surface area (Å²) in [5.41, 5.74) is 0. The Morgan fingerprint density at radius 1 is 1.33 bits per heavy atom. The molecule has 2 amide bonds. The molecule has 1 fully saturated rings. The van der Waals surface area contributed by atoms with Crippen molar-refractivity contribution >= 4 is 12.0 Å². The van der Waals surface area contributed by atoms with Crippen molar-refractivity contribution in [2.24, 2.45) is 5.92 Å². The number of rotatable bonds is 4. The van der Waals surface area contributed by atoms with E-state index in [1.54, 1.807) is 0 Å². The van der Waals surface area contributed by atoms with E-state index in [2.05, 4.69) is 17.6 Å². The fourth-order valence-electron chi connectivity index (χ4n) is 2.32. The summed E-state index contributed by atoms with van der Waals surface area (Å²) in [5, 5.41) is 23.1. The summed E-state index contributed by atoms with van der Waals surface area (Å²) in [6, 6.07) is -1.70. The number of carbonyl (C=O) groups is 2. The second kappa shape index (κ2) is 6.58. The van der Waals surface area contributed by atoms with Crippen LogP contribution in [0.5, 0.6) is 0 Å². The average Bonchev–Trinajstić information content (AvgIpc) is 2.25. The summed E-state index contributed by atoms with van der Waals surface area (Å²) < 4.78 is 0. The molecule has 0 aliphatic heterocycles. The first-order valence-corrected chi connectivity index (χ1v) is 6.38. The van der Waals surface area contributed by atoms with Crippen LogP contribution < -0.4 is 10.6 Å². The molecule has 18 heavy (non-hydrogen) atoms. The predicted octanol–water partition coefficient (Wildman–Crippen LogP) is 0.698. The summed E-state index contributed by atoms with van der Waals surface area (Å²) in [7, 11) is 0. The van der Waals surface area contributed by atoms with Crippen LogP contribution in [0.25, 0.3) is 0 Å². The van der Waals surface area contributed by atoms with Gasteiger partial charge in [0.05, 0.1) is 6.10 Å². The molecular formula is C12H22N2O4. The van der Waals surface area contributed by atoms with Crippen molar-refractivity contribution in [1.29, 1.82) is 0 Å². The Morgan fingerprint density at radius 3 is 2.50 bits per heavy atom. The molecule has 1 rings (SSSR count). The third-order valence-electron chi connectivity index (χ3n) is 3.31. The lowest BCUT2D eigenvalue weighted by molar-refractivity contribution is -0.141. The van der Waals surface area contributed by atoms with Gasteiger partial charge in [0.15, 0.2) is 6.04 Å². The van der Waals surface area contributed by atoms with Crippen molar-refractivity contribution in [3.8, 4) is 0 Å². The van der Waals surface area contributed by atoms with Crippen molar-refractivity contribution in [2.75, 3.05) is 0 Å². The Kier molecular flexibility index (Phi) is 5.40. The van der Waals surface area contributed by atoms with Crippen LogP contribution in [0, 0.1) is 5.92 Å². The second-order valence-electron chi connectivity index (χ2n) is 5.14. The molecule has 1 aliphatic rings. The smallest absolute Gasteiger partial charge is 0.328 e. The molecule has 104 valence electrons. The Morgan fingerprint density at radius 2 is 2.00 bits per heavy atom. The van der Waals surface area contributed by atoms with E-state index in [9.17, 15) is 14.7 Å². The molecule has 4 N–H and O–H groups in total. The van der Waals surface area contributed by atoms with Crippen LogP contribution >= 0.6 is 0 Å². The highest BCUT2D eigenvalue weighted by molar-refractivity contribution is 5.83. The van der Waals surface area contributed by atoms with E-state index in [0.717, 1.165) is 19.3 Å². The normalized spacial score (nSPS) is 27.1. The number of nitrogens with one attached hydrogen (secondary N) is 2. The molecular weight excluding hydrogens is 236 g/mol. The summed E-state index contributed by atoms with van der Waals surface area (Å²) in [6.45, 7) is 3.48. The van der Waals surface area contributed by atoms with Crippen LogP contribution in [-0.4, -0.2) is 40.4 Å². The molecule has 0 aromatic rings. The number of aliphatic hydroxyl groups excluding tert-OH is 1. The van der Waals surface area contributed by atoms with Gasteiger partial charge in [0.25, 0.3) is 0 Å². The van der Waals surface area contributed by atoms with E-state index in [4.69, 9.17) is 5.11 Å². The quantitative estimate of drug-likeness (QED) is 0.596. The van der Waals surface area contributed by atoms with Gasteiger partial charge in [-0.2, -0.15) is 0 Å². The number of hydrogen-bond donors (Lipinski definition) is 4. The highest BCUT2D eigenvalue weighted by atomic mass is 16.4. The van der Waals surface area contributed by atoms with Gasteiger partial charge < -0.3 is 20.8 Å². The van der Waals surface area contributed by atoms with Gasteiger partial charge >= 0.3 is 12.0 Å². The van der Waals surface area contributed by atoms with Gasteiger partial charge in [-0.05, 0) is 25.7 Å². The number of carboxylic acid groups (broad SMARTS) is 1. The summed E-state index contributed by atoms with van der Waals surface area (Å²) in [6.07, 6.45) is 2.96. The van der Waals surface area contributed by atoms with Gasteiger partial charge in [-0.3, -0.25) is 0 Å². The summed E-state index contributed by atoms with van der Waals surface area (Å²) in [5.74, 6) is -0.659. The maximum atomic E-state index is 11.6. The SMILES string of the molecule is CC1CCCC(NC(=O)NC(C(=O)O)C(C)O)C1. The van der Waals surface area contributed by atoms with Gasteiger partial charge in [0, 0.05) is 6.04 Å². The maximum Gasteiger partial charge on any atom is 0.328 e. The van der Waals surface area contributed by atoms with Crippen LogP contribution in [0.1, 0.15) is 39.5 Å². The highest BCUT2D eigenvalue weighted by Gasteiger charge is 2.26. The largest absolute Gasteiger partial charge is 0.480 e. The predicted molar refractivity (Wildman–Crippen MR) is 66.2 cm³/mol. The standard InChI is InChI=1S/C12H22N2O4/c1-7-4-3-5-9(6-7)13-12(18)14-10(8(2)15)11(16)17/h7-10,15H,3-6H2,1-2H3,(H,16,17)(H2,13,14,18). The van der Waals surface area contributed by atoms with Gasteiger partial charge in [0.1, 0.15) is 0 Å². The fraction of sp³-hybridized carbons (Fsp3) is 0.833. The molecule has 0 aromatic heterocycles. The molecule has 6 nitrogen and oxygen atoms in total. The average molecular weight is 258 g/mol. The Balaban J connectivity index is 2.42. The molecule has 0 aromatic carbocycles. The van der Waals surface area contributed by atoms with Crippen molar-refractivity contribution < 1.29 is 19.8 Å². The van der Waals surface area contributed by atoms with Gasteiger partial charge in [-0.25, -0.2) is 9.59 Å². The molecule has 1 aliphatic carbocycles. The van der Waals surface area contributed by atoms with Crippen molar-refractivity contribution in [3.63, 3.8) is 0 Å². The highest BCUT2D eigenvalue weighted by Crippen LogP contribution is 2.23. The minimum Gasteiger partial charge on any atom is -0.480 e. The monoisotopic (exact) mass is 258 g/mol. The van der Waals surface area contributed by atoms with Crippen molar-refractivity contribution in [2.45, 2.75) is 57.7 Å². The molecule has 4 unspecified atom stereocenters. The number of urea groups is 1. The molecule has 0 bridgehead atoms. The zero-order valence-electron chi connectivity index (χ0n) is 10.8. The van der Waals surface area contributed by atoms with Crippen molar-refractivity contribution in [3.05, 3.63) is 0 Å². The fourth-order valence-corrected chi connectivity index (χ4v) is 2.32. The minimum absolute atomic E-state index is 0.0946. The maximum absolute atomic E-state index is 11.6. The first kappa shape index (κ1) is 14.8. The molecule has 0 saturated heterocycles. The number of carbonyl (C=O) groups excluding carboxylic acids is 1. The summed E-state index contributed by atoms with van der Waals surface area (Å²) in [4.78, 5) is 22.5. The molecule has 4 atom stereocenters. The van der Waals surface area contributed by atoms with Crippen LogP contribution in [0.4, 0.5) is 4.79 Å². The van der Waals surface area contributed by atoms with E-state index >= 15 is 0 Å². The lowest BCUT2D eigenvalue weighted by Gasteiger charge is -2.28. The van der Waals surface area contributed by atoms with Gasteiger partial charge in [-0.1, -0.05) is 19.8 Å². The molecule has 0 spiro atoms. The molecule has 0 radical (unpaired) electrons. The number of aliphatic carboxylic acids is 1. The zero-order chi connectivity index (χ0) is 13.7. The van der Waals surface area contributed by atoms with E-state index in [-0.39, 0.29) is 6.04 Å². The van der Waals surface area contributed by atoms with Crippen LogP contribution in [0.2, 0.25) is 0 Å². The lowest BCUT2D eigenvalue weighted by atomic mass is 9.87. The second-order valence-corrected chi connectivity index (χ2v) is 5.14. The number of amides is 2. The Hall–Kier alpha value is -1.30. The third kappa shape index (κ3) is 4.52. The summed E-state index contributed by atoms with van der Waals surface area (Å²) >= 11 is 0. The Bertz CT molecular complexity index is 306. The third-order valence-corrected chi connectivity index (χ3v) is 3.31. The van der Waals surface area contributed by atoms with Crippen LogP contribution in [0.15, 0.2) is 0 Å². The molecule has 0 heterocycles. The number of aliphatic hydroxyl groups is 1. The Labute approximate surface area is 107 Å². The van der Waals surface area contributed by atoms with Crippen molar-refractivity contribution in [1.82, 2.24) is 10.6 Å². The zero-order valence-corrected chi connectivity index (χ0v) is 10.8. The van der Waals surface area contributed by atoms with E-state index in [0.29, 0.717) is 5.92 Å². The first-order chi connectivity index (χ1) is 8.40. The first-order valence-electron chi connectivity index (χ1n) is 6.38. The van der Waals surface area contributed by atoms with E-state index in [1.165, 1.54) is 13.3 Å². The molecule has 1 saturated carbocycles. The minimum atomic E-state index is -1.27. The van der Waals surface area contributed by atoms with E-state index < -0.39 is 24.1 Å². The number of hydrogen-bond acceptors (Lipinski definition) is 3. The van der Waals surface area contributed by atoms with E-state index in [1.807, 2.05) is 0 Å². The lowest BCUT2D eigenvalue weighted by Crippen LogP contribution is -2.53. The number of carboxylic acids is 1. The van der Waals surface area contributed by atoms with Crippen LogP contribution in [0.3, 0.4) is 0 Å². The van der Waals surface area contributed by atoms with Gasteiger partial charge in [0.2, 0.25) is 0 Å². The van der Waals surface area contributed by atoms with Crippen LogP contribution in [-0.2, 0) is 4.79 Å². The topological polar surface area (TPSA) is 98.7 Å². The van der Waals surface area contributed by atoms with Gasteiger partial charge in [-0.15, -0.1) is 0 Å². The molecule has 6 heteroatoms.